The second-order valence-electron chi connectivity index (χ2n) is 8.36. The molecule has 140 valence electrons. The van der Waals surface area contributed by atoms with Gasteiger partial charge in [-0.15, -0.1) is 0 Å². The van der Waals surface area contributed by atoms with Gasteiger partial charge in [-0.3, -0.25) is 9.88 Å². The lowest BCUT2D eigenvalue weighted by Gasteiger charge is -2.40. The quantitative estimate of drug-likeness (QED) is 0.768. The van der Waals surface area contributed by atoms with Crippen molar-refractivity contribution in [2.75, 3.05) is 13.1 Å². The molecule has 0 aliphatic carbocycles. The van der Waals surface area contributed by atoms with Gasteiger partial charge in [0.05, 0.1) is 12.6 Å². The minimum atomic E-state index is -0.525. The first-order valence-corrected chi connectivity index (χ1v) is 10.0. The molecule has 2 aliphatic heterocycles. The molecule has 4 nitrogen and oxygen atoms in total. The van der Waals surface area contributed by atoms with Crippen molar-refractivity contribution in [1.82, 2.24) is 14.5 Å². The van der Waals surface area contributed by atoms with Gasteiger partial charge >= 0.3 is 0 Å². The van der Waals surface area contributed by atoms with Crippen molar-refractivity contribution in [2.24, 2.45) is 0 Å². The van der Waals surface area contributed by atoms with Crippen LogP contribution < -0.4 is 0 Å². The monoisotopic (exact) mass is 361 g/mol. The van der Waals surface area contributed by atoms with E-state index < -0.39 is 6.10 Å². The Kier molecular flexibility index (Phi) is 3.88. The van der Waals surface area contributed by atoms with Crippen molar-refractivity contribution in [1.29, 1.82) is 0 Å². The van der Waals surface area contributed by atoms with Crippen LogP contribution in [0.3, 0.4) is 0 Å². The van der Waals surface area contributed by atoms with Crippen LogP contribution in [0.5, 0.6) is 0 Å². The summed E-state index contributed by atoms with van der Waals surface area (Å²) in [5.74, 6) is 0. The second-order valence-corrected chi connectivity index (χ2v) is 8.36. The van der Waals surface area contributed by atoms with Crippen LogP contribution in [0, 0.1) is 6.92 Å². The molecule has 1 N–H and O–H groups in total. The van der Waals surface area contributed by atoms with Gasteiger partial charge in [0.25, 0.3) is 0 Å². The summed E-state index contributed by atoms with van der Waals surface area (Å²) in [5, 5.41) is 12.3. The predicted molar refractivity (Wildman–Crippen MR) is 108 cm³/mol. The molecule has 2 atom stereocenters. The van der Waals surface area contributed by atoms with E-state index in [4.69, 9.17) is 0 Å². The lowest BCUT2D eigenvalue weighted by Crippen LogP contribution is -2.44. The van der Waals surface area contributed by atoms with Crippen molar-refractivity contribution in [3.05, 3.63) is 65.1 Å². The Labute approximate surface area is 160 Å². The molecule has 2 aromatic heterocycles. The fraction of sp³-hybridized carbons (Fsp3) is 0.435. The van der Waals surface area contributed by atoms with Gasteiger partial charge in [0.2, 0.25) is 0 Å². The highest BCUT2D eigenvalue weighted by molar-refractivity contribution is 5.87. The Morgan fingerprint density at radius 2 is 2.00 bits per heavy atom. The lowest BCUT2D eigenvalue weighted by atomic mass is 9.83. The van der Waals surface area contributed by atoms with Crippen LogP contribution in [-0.4, -0.2) is 32.6 Å². The number of nitrogens with zero attached hydrogens (tertiary/aromatic N) is 3. The summed E-state index contributed by atoms with van der Waals surface area (Å²) in [6.45, 7) is 7.50. The van der Waals surface area contributed by atoms with Gasteiger partial charge in [-0.2, -0.15) is 0 Å². The summed E-state index contributed by atoms with van der Waals surface area (Å²) >= 11 is 0. The average molecular weight is 361 g/mol. The predicted octanol–water partition coefficient (Wildman–Crippen LogP) is 3.95. The first kappa shape index (κ1) is 17.0. The molecule has 1 fully saturated rings. The van der Waals surface area contributed by atoms with E-state index in [1.165, 1.54) is 47.1 Å². The standard InChI is InChI=1S/C23H27N3O/c1-16-4-5-19-18(14-16)22-20(8-13-25-12-3-9-23(22,25)2)26(19)15-21(27)17-6-10-24-11-7-17/h4-7,10-11,14,21,27H,3,8-9,12-13,15H2,1-2H3. The number of hydrogen-bond donors (Lipinski definition) is 1. The third kappa shape index (κ3) is 2.54. The van der Waals surface area contributed by atoms with Crippen molar-refractivity contribution in [2.45, 2.75) is 51.3 Å². The molecule has 2 unspecified atom stereocenters. The van der Waals surface area contributed by atoms with E-state index in [9.17, 15) is 5.11 Å². The van der Waals surface area contributed by atoms with E-state index in [2.05, 4.69) is 46.5 Å². The number of aliphatic hydroxyl groups is 1. The molecule has 0 radical (unpaired) electrons. The highest BCUT2D eigenvalue weighted by atomic mass is 16.3. The Balaban J connectivity index is 1.67. The molecular formula is C23H27N3O. The van der Waals surface area contributed by atoms with Gasteiger partial charge < -0.3 is 9.67 Å². The van der Waals surface area contributed by atoms with Crippen LogP contribution >= 0.6 is 0 Å². The van der Waals surface area contributed by atoms with E-state index in [0.29, 0.717) is 6.54 Å². The van der Waals surface area contributed by atoms with E-state index in [0.717, 1.165) is 18.5 Å². The zero-order chi connectivity index (χ0) is 18.6. The summed E-state index contributed by atoms with van der Waals surface area (Å²) in [6, 6.07) is 10.6. The Morgan fingerprint density at radius 1 is 1.19 bits per heavy atom. The molecule has 2 aliphatic rings. The molecule has 4 heterocycles. The molecule has 27 heavy (non-hydrogen) atoms. The first-order valence-electron chi connectivity index (χ1n) is 10.0. The summed E-state index contributed by atoms with van der Waals surface area (Å²) < 4.78 is 2.39. The average Bonchev–Trinajstić information content (AvgIpc) is 3.20. The maximum Gasteiger partial charge on any atom is 0.0970 e. The van der Waals surface area contributed by atoms with Crippen LogP contribution in [0.2, 0.25) is 0 Å². The highest BCUT2D eigenvalue weighted by Gasteiger charge is 2.44. The second kappa shape index (κ2) is 6.18. The normalized spacial score (nSPS) is 23.4. The van der Waals surface area contributed by atoms with Crippen LogP contribution in [0.4, 0.5) is 0 Å². The van der Waals surface area contributed by atoms with Gasteiger partial charge in [0.1, 0.15) is 0 Å². The molecule has 1 aromatic carbocycles. The van der Waals surface area contributed by atoms with E-state index in [1.54, 1.807) is 12.4 Å². The van der Waals surface area contributed by atoms with Crippen molar-refractivity contribution in [3.63, 3.8) is 0 Å². The molecule has 0 amide bonds. The maximum atomic E-state index is 10.9. The fourth-order valence-corrected chi connectivity index (χ4v) is 5.36. The van der Waals surface area contributed by atoms with Crippen LogP contribution in [0.1, 0.15) is 48.3 Å². The van der Waals surface area contributed by atoms with Crippen LogP contribution in [0.15, 0.2) is 42.7 Å². The van der Waals surface area contributed by atoms with Gasteiger partial charge in [0, 0.05) is 53.1 Å². The first-order chi connectivity index (χ1) is 13.1. The minimum Gasteiger partial charge on any atom is -0.387 e. The van der Waals surface area contributed by atoms with Gasteiger partial charge in [-0.05, 0) is 63.1 Å². The number of pyridine rings is 1. The highest BCUT2D eigenvalue weighted by Crippen LogP contribution is 2.47. The maximum absolute atomic E-state index is 10.9. The summed E-state index contributed by atoms with van der Waals surface area (Å²) in [4.78, 5) is 6.74. The molecule has 4 heteroatoms. The third-order valence-corrected chi connectivity index (χ3v) is 6.72. The Morgan fingerprint density at radius 3 is 2.81 bits per heavy atom. The smallest absolute Gasteiger partial charge is 0.0970 e. The molecule has 3 aromatic rings. The zero-order valence-corrected chi connectivity index (χ0v) is 16.2. The number of aryl methyl sites for hydroxylation is 1. The lowest BCUT2D eigenvalue weighted by molar-refractivity contribution is 0.135. The molecule has 1 saturated heterocycles. The zero-order valence-electron chi connectivity index (χ0n) is 16.2. The Bertz CT molecular complexity index is 994. The van der Waals surface area contributed by atoms with E-state index in [1.807, 2.05) is 12.1 Å². The number of benzene rings is 1. The Hall–Kier alpha value is -2.17. The van der Waals surface area contributed by atoms with Crippen molar-refractivity contribution >= 4 is 10.9 Å². The number of hydrogen-bond acceptors (Lipinski definition) is 3. The van der Waals surface area contributed by atoms with Crippen molar-refractivity contribution < 1.29 is 5.11 Å². The molecule has 0 spiro atoms. The van der Waals surface area contributed by atoms with Crippen LogP contribution in [0.25, 0.3) is 10.9 Å². The number of rotatable bonds is 3. The molecule has 0 bridgehead atoms. The summed E-state index contributed by atoms with van der Waals surface area (Å²) in [7, 11) is 0. The third-order valence-electron chi connectivity index (χ3n) is 6.72. The summed E-state index contributed by atoms with van der Waals surface area (Å²) in [6.07, 6.45) is 6.53. The van der Waals surface area contributed by atoms with Gasteiger partial charge in [-0.1, -0.05) is 11.6 Å². The minimum absolute atomic E-state index is 0.131. The topological polar surface area (TPSA) is 41.3 Å². The number of aromatic nitrogens is 2. The van der Waals surface area contributed by atoms with Gasteiger partial charge in [0.15, 0.2) is 0 Å². The van der Waals surface area contributed by atoms with E-state index in [-0.39, 0.29) is 5.54 Å². The molecular weight excluding hydrogens is 334 g/mol. The number of aliphatic hydroxyl groups excluding tert-OH is 1. The van der Waals surface area contributed by atoms with Crippen molar-refractivity contribution in [3.8, 4) is 0 Å². The number of fused-ring (bicyclic) bond motifs is 5. The molecule has 0 saturated carbocycles. The SMILES string of the molecule is Cc1ccc2c(c1)c1c(n2CC(O)c2ccncc2)CCN2CCCC12C. The fourth-order valence-electron chi connectivity index (χ4n) is 5.36. The largest absolute Gasteiger partial charge is 0.387 e. The van der Waals surface area contributed by atoms with Gasteiger partial charge in [-0.25, -0.2) is 0 Å². The molecule has 5 rings (SSSR count). The van der Waals surface area contributed by atoms with E-state index >= 15 is 0 Å². The summed E-state index contributed by atoms with van der Waals surface area (Å²) in [5.41, 5.74) is 6.55. The van der Waals surface area contributed by atoms with Crippen LogP contribution in [-0.2, 0) is 18.5 Å².